The van der Waals surface area contributed by atoms with Crippen molar-refractivity contribution in [3.05, 3.63) is 138 Å². The smallest absolute Gasteiger partial charge is 0.256 e. The van der Waals surface area contributed by atoms with Crippen LogP contribution in [0.3, 0.4) is 0 Å². The fourth-order valence-electron chi connectivity index (χ4n) is 10.1. The molecule has 2 unspecified atom stereocenters. The third kappa shape index (κ3) is 12.9. The van der Waals surface area contributed by atoms with E-state index in [0.717, 1.165) is 40.6 Å². The van der Waals surface area contributed by atoms with Crippen LogP contribution in [0.4, 0.5) is 49.1 Å². The van der Waals surface area contributed by atoms with E-state index < -0.39 is 69.3 Å². The van der Waals surface area contributed by atoms with Crippen LogP contribution in [0, 0.1) is 53.9 Å². The Labute approximate surface area is 449 Å². The van der Waals surface area contributed by atoms with E-state index in [9.17, 15) is 46.1 Å². The Bertz CT molecular complexity index is 2780. The van der Waals surface area contributed by atoms with Crippen molar-refractivity contribution < 1.29 is 50.9 Å². The topological polar surface area (TPSA) is 126 Å². The number of anilines is 4. The molecule has 2 aliphatic heterocycles. The molecule has 72 heavy (non-hydrogen) atoms. The molecule has 19 heteroatoms. The van der Waals surface area contributed by atoms with Gasteiger partial charge >= 0.3 is 193 Å². The monoisotopic (exact) mass is 1280 g/mol. The van der Waals surface area contributed by atoms with Gasteiger partial charge in [0.15, 0.2) is 11.6 Å². The first-order valence-electron chi connectivity index (χ1n) is 23.9. The molecule has 0 aromatic heterocycles. The Morgan fingerprint density at radius 3 is 1.69 bits per heavy atom. The molecule has 10 nitrogen and oxygen atoms in total. The second-order valence-electron chi connectivity index (χ2n) is 19.2. The molecule has 5 N–H and O–H groups in total. The van der Waals surface area contributed by atoms with Crippen LogP contribution in [-0.4, -0.2) is 105 Å². The number of hydrogen-bond acceptors (Lipinski definition) is 8. The van der Waals surface area contributed by atoms with Gasteiger partial charge in [0.25, 0.3) is 5.91 Å². The van der Waals surface area contributed by atoms with Crippen LogP contribution in [0.1, 0.15) is 78.5 Å². The van der Waals surface area contributed by atoms with Crippen molar-refractivity contribution >= 4 is 99.8 Å². The van der Waals surface area contributed by atoms with Gasteiger partial charge < -0.3 is 20.6 Å². The van der Waals surface area contributed by atoms with Crippen molar-refractivity contribution in [2.45, 2.75) is 80.2 Å². The van der Waals surface area contributed by atoms with Crippen molar-refractivity contribution in [3.8, 4) is 5.75 Å². The fraction of sp³-hybridized carbons (Fsp3) is 0.396. The van der Waals surface area contributed by atoms with E-state index >= 15 is 0 Å². The summed E-state index contributed by atoms with van der Waals surface area (Å²) < 4.78 is 93.7. The first kappa shape index (κ1) is 54.2. The van der Waals surface area contributed by atoms with Crippen LogP contribution < -0.4 is 25.0 Å². The molecule has 383 valence electrons. The third-order valence-corrected chi connectivity index (χ3v) is 18.2. The van der Waals surface area contributed by atoms with E-state index in [0.29, 0.717) is 30.9 Å². The molecule has 0 spiro atoms. The van der Waals surface area contributed by atoms with E-state index in [1.54, 1.807) is 19.2 Å². The number of aliphatic hydroxyl groups is 2. The second-order valence-corrected chi connectivity index (χ2v) is 24.1. The van der Waals surface area contributed by atoms with Crippen molar-refractivity contribution in [2.24, 2.45) is 11.8 Å². The molecule has 0 bridgehead atoms. The van der Waals surface area contributed by atoms with Crippen LogP contribution in [0.25, 0.3) is 0 Å². The summed E-state index contributed by atoms with van der Waals surface area (Å²) in [5.41, 5.74) is -3.37. The summed E-state index contributed by atoms with van der Waals surface area (Å²) in [5.74, 6) is -5.10. The van der Waals surface area contributed by atoms with Crippen molar-refractivity contribution in [1.29, 1.82) is 0 Å². The third-order valence-electron chi connectivity index (χ3n) is 13.9. The average Bonchev–Trinajstić information content (AvgIpc) is 3.35. The van der Waals surface area contributed by atoms with Gasteiger partial charge in [-0.25, -0.2) is 13.2 Å². The van der Waals surface area contributed by atoms with Crippen molar-refractivity contribution in [3.63, 3.8) is 0 Å². The summed E-state index contributed by atoms with van der Waals surface area (Å²) in [4.78, 5) is 29.1. The number of methoxy groups -OCH3 is 1. The molecule has 5 aromatic carbocycles. The summed E-state index contributed by atoms with van der Waals surface area (Å²) in [7, 11) is 1.59. The van der Waals surface area contributed by atoms with E-state index in [1.165, 1.54) is 91.5 Å². The quantitative estimate of drug-likeness (QED) is 0.0423. The molecule has 9 rings (SSSR count). The van der Waals surface area contributed by atoms with Crippen LogP contribution >= 0.6 is 45.2 Å². The molecule has 2 saturated heterocycles. The number of likely N-dealkylation sites (tertiary alicyclic amines) is 2. The molecule has 2 atom stereocenters. The molecular formula is C53H55AsF6I2N5O5. The first-order valence-corrected chi connectivity index (χ1v) is 28.3. The first-order chi connectivity index (χ1) is 34.4. The Kier molecular flexibility index (Phi) is 17.8. The minimum absolute atomic E-state index is 0.0618. The Morgan fingerprint density at radius 2 is 1.17 bits per heavy atom. The maximum atomic E-state index is 14.8. The maximum absolute atomic E-state index is 14.8. The number of carbonyl (C=O) groups excluding carboxylic acids is 2. The number of amides is 2. The molecule has 2 heterocycles. The molecular weight excluding hydrogens is 1230 g/mol. The number of carbonyl (C=O) groups is 2. The Balaban J connectivity index is 0.000000194. The minimum atomic E-state index is -1.28. The van der Waals surface area contributed by atoms with Gasteiger partial charge in [-0.15, -0.1) is 0 Å². The molecule has 1 radical (unpaired) electrons. The summed E-state index contributed by atoms with van der Waals surface area (Å²) in [6.07, 6.45) is 11.4. The molecule has 2 amide bonds. The van der Waals surface area contributed by atoms with Gasteiger partial charge in [0.1, 0.15) is 11.4 Å². The largest absolute Gasteiger partial charge is 0.385 e. The zero-order valence-electron chi connectivity index (χ0n) is 39.4. The van der Waals surface area contributed by atoms with Gasteiger partial charge in [0, 0.05) is 16.2 Å². The van der Waals surface area contributed by atoms with Gasteiger partial charge in [0.05, 0.1) is 30.0 Å². The van der Waals surface area contributed by atoms with Gasteiger partial charge in [-0.05, 0) is 100 Å². The van der Waals surface area contributed by atoms with Crippen LogP contribution in [0.5, 0.6) is 5.75 Å². The van der Waals surface area contributed by atoms with Crippen LogP contribution in [0.15, 0.2) is 84.9 Å². The summed E-state index contributed by atoms with van der Waals surface area (Å²) >= 11 is 3.52. The fourth-order valence-corrected chi connectivity index (χ4v) is 13.3. The number of hydrogen-bond donors (Lipinski definition) is 5. The average molecular weight is 1280 g/mol. The van der Waals surface area contributed by atoms with Gasteiger partial charge in [0.2, 0.25) is 0 Å². The predicted molar refractivity (Wildman–Crippen MR) is 283 cm³/mol. The zero-order chi connectivity index (χ0) is 51.3. The molecule has 2 saturated carbocycles. The van der Waals surface area contributed by atoms with Gasteiger partial charge in [-0.1, -0.05) is 44.9 Å². The number of ether oxygens (including phenoxy) is 1. The molecule has 2 aliphatic carbocycles. The van der Waals surface area contributed by atoms with Gasteiger partial charge in [-0.2, -0.15) is 0 Å². The van der Waals surface area contributed by atoms with Crippen LogP contribution in [0.2, 0.25) is 5.21 Å². The predicted octanol–water partition coefficient (Wildman–Crippen LogP) is 10.5. The number of β-amino-alcohol motifs (C(OH)–C–C–N with tert-alkyl or cyclic N) is 2. The van der Waals surface area contributed by atoms with E-state index in [-0.39, 0.29) is 64.4 Å². The number of rotatable bonds is 14. The molecule has 4 aliphatic rings. The number of halogens is 8. The summed E-state index contributed by atoms with van der Waals surface area (Å²) in [6, 6.07) is 20.6. The summed E-state index contributed by atoms with van der Waals surface area (Å²) in [6.45, 7) is 0.719. The van der Waals surface area contributed by atoms with Crippen LogP contribution in [-0.2, 0) is 0 Å². The second kappa shape index (κ2) is 23.6. The molecule has 5 aromatic rings. The maximum Gasteiger partial charge on any atom is 0.256 e. The van der Waals surface area contributed by atoms with Gasteiger partial charge in [-0.3, -0.25) is 4.79 Å². The normalized spacial score (nSPS) is 19.5. The zero-order valence-corrected chi connectivity index (χ0v) is 45.6. The van der Waals surface area contributed by atoms with Crippen molar-refractivity contribution in [2.75, 3.05) is 50.5 Å². The standard InChI is InChI=1S/C29H35F3IN3O2.C24H20AsF3IN2O3/c30-22-12-11-21(27(26(22)32)35-25-13-10-19(33)14-23(25)31)28(37)36-16-29(38,17-36)15-34-24-9-5-4-8-20(24)18-6-2-1-3-7-18;1-34-16-4-2-3-14(9-16)25-11-24(33)12-31(13-24)23(32)17-6-7-18(26)21(28)22(17)30-20-8-5-15(29)10-19(20)27/h10-14,18,20,24,34-35,38H,1-9,15-17H2;2-10,30,33H,11-13H2,1H3. The summed E-state index contributed by atoms with van der Waals surface area (Å²) in [5, 5.41) is 31.2. The Morgan fingerprint density at radius 1 is 0.653 bits per heavy atom. The van der Waals surface area contributed by atoms with Crippen molar-refractivity contribution in [1.82, 2.24) is 15.1 Å². The number of nitrogens with zero attached hydrogens (tertiary/aromatic N) is 2. The van der Waals surface area contributed by atoms with E-state index in [1.807, 2.05) is 69.4 Å². The SMILES string of the molecule is COc1cccc([As]CC2(O)CN(C(=O)c3ccc(F)c(F)c3Nc3ccc(I)cc3F)C2)c1.O=C(c1ccc(F)c(F)c1Nc1ccc(I)cc1F)N1CC(O)(CNC2CCCCC2C2CCCCC2)C1. The van der Waals surface area contributed by atoms with E-state index in [4.69, 9.17) is 4.74 Å². The van der Waals surface area contributed by atoms with E-state index in [2.05, 4.69) is 16.0 Å². The number of nitrogens with one attached hydrogen (secondary N) is 3. The number of benzene rings is 5. The molecule has 4 fully saturated rings. The Hall–Kier alpha value is -4.08. The minimum Gasteiger partial charge on any atom is -0.385 e.